The van der Waals surface area contributed by atoms with E-state index in [1.54, 1.807) is 6.92 Å². The molecule has 0 fully saturated rings. The van der Waals surface area contributed by atoms with Crippen LogP contribution in [0.1, 0.15) is 29.2 Å². The number of rotatable bonds is 3. The molecule has 4 aliphatic rings. The van der Waals surface area contributed by atoms with E-state index in [0.29, 0.717) is 12.8 Å². The number of ether oxygens (including phenoxy) is 1. The minimum Gasteiger partial charge on any atom is -0.466 e. The first-order valence-electron chi connectivity index (χ1n) is 9.52. The number of hydrogen-bond donors (Lipinski definition) is 0. The Morgan fingerprint density at radius 1 is 0.929 bits per heavy atom. The molecule has 0 saturated carbocycles. The van der Waals surface area contributed by atoms with Gasteiger partial charge in [-0.25, -0.2) is 0 Å². The molecule has 6 nitrogen and oxygen atoms in total. The van der Waals surface area contributed by atoms with E-state index in [9.17, 15) is 9.59 Å². The monoisotopic (exact) mass is 377 g/mol. The number of nitrogens with zero attached hydrogens (tertiary/aromatic N) is 3. The van der Waals surface area contributed by atoms with Crippen LogP contribution in [0.3, 0.4) is 0 Å². The van der Waals surface area contributed by atoms with Crippen LogP contribution in [0.4, 0.5) is 0 Å². The summed E-state index contributed by atoms with van der Waals surface area (Å²) in [5.41, 5.74) is 13.1. The molecule has 0 unspecified atom stereocenters. The molecule has 0 N–H and O–H groups in total. The van der Waals surface area contributed by atoms with Crippen molar-refractivity contribution in [3.63, 3.8) is 0 Å². The van der Waals surface area contributed by atoms with E-state index >= 15 is 0 Å². The maximum atomic E-state index is 12.7. The van der Waals surface area contributed by atoms with Crippen LogP contribution in [0.2, 0.25) is 0 Å². The van der Waals surface area contributed by atoms with Crippen molar-refractivity contribution in [1.82, 2.24) is 0 Å². The number of esters is 1. The van der Waals surface area contributed by atoms with E-state index in [1.165, 1.54) is 11.1 Å². The standard InChI is InChI=1S/C22H23N3O3/c1-2-28-22(27)20-14-18-11-7-16(8-12-18)4-3-15-5-9-17(10-6-15)13-19(20)21(26)24-25-23/h5-12,19-20H,2-4,13-14H2,1H3/t19-,20+/m1/s1. The number of amides is 1. The number of azide groups is 1. The third kappa shape index (κ3) is 4.78. The van der Waals surface area contributed by atoms with Crippen molar-refractivity contribution in [3.05, 3.63) is 81.2 Å². The lowest BCUT2D eigenvalue weighted by atomic mass is 9.81. The second-order valence-corrected chi connectivity index (χ2v) is 7.03. The normalized spacial score (nSPS) is 18.8. The summed E-state index contributed by atoms with van der Waals surface area (Å²) >= 11 is 0. The largest absolute Gasteiger partial charge is 0.466 e. The van der Waals surface area contributed by atoms with Gasteiger partial charge in [0.25, 0.3) is 0 Å². The van der Waals surface area contributed by atoms with Gasteiger partial charge in [-0.05, 0) is 65.5 Å². The second kappa shape index (κ2) is 9.20. The average Bonchev–Trinajstić information content (AvgIpc) is 2.71. The molecule has 4 aliphatic carbocycles. The number of aryl methyl sites for hydroxylation is 2. The zero-order chi connectivity index (χ0) is 19.9. The Morgan fingerprint density at radius 3 is 1.86 bits per heavy atom. The van der Waals surface area contributed by atoms with E-state index in [0.717, 1.165) is 24.0 Å². The van der Waals surface area contributed by atoms with Gasteiger partial charge in [0.1, 0.15) is 0 Å². The van der Waals surface area contributed by atoms with Crippen molar-refractivity contribution in [2.75, 3.05) is 6.61 Å². The molecule has 0 saturated heterocycles. The molecule has 1 amide bonds. The predicted molar refractivity (Wildman–Crippen MR) is 105 cm³/mol. The van der Waals surface area contributed by atoms with Gasteiger partial charge in [-0.3, -0.25) is 9.59 Å². The Hall–Kier alpha value is -3.11. The summed E-state index contributed by atoms with van der Waals surface area (Å²) in [4.78, 5) is 28.0. The summed E-state index contributed by atoms with van der Waals surface area (Å²) in [5.74, 6) is -2.56. The lowest BCUT2D eigenvalue weighted by Gasteiger charge is -2.24. The summed E-state index contributed by atoms with van der Waals surface area (Å²) < 4.78 is 5.25. The third-order valence-corrected chi connectivity index (χ3v) is 5.20. The fourth-order valence-corrected chi connectivity index (χ4v) is 3.64. The van der Waals surface area contributed by atoms with Crippen LogP contribution in [0, 0.1) is 11.8 Å². The number of carbonyl (C=O) groups is 2. The number of benzene rings is 2. The molecule has 2 aromatic carbocycles. The highest BCUT2D eigenvalue weighted by atomic mass is 16.5. The number of carbonyl (C=O) groups excluding carboxylic acids is 2. The summed E-state index contributed by atoms with van der Waals surface area (Å²) in [5, 5.41) is 3.30. The van der Waals surface area contributed by atoms with Gasteiger partial charge < -0.3 is 4.74 Å². The first-order valence-corrected chi connectivity index (χ1v) is 9.52. The molecule has 0 aliphatic heterocycles. The van der Waals surface area contributed by atoms with Crippen LogP contribution in [0.25, 0.3) is 10.4 Å². The smallest absolute Gasteiger partial charge is 0.310 e. The van der Waals surface area contributed by atoms with Crippen molar-refractivity contribution in [2.45, 2.75) is 32.6 Å². The molecule has 144 valence electrons. The Labute approximate surface area is 164 Å². The highest BCUT2D eigenvalue weighted by molar-refractivity contribution is 5.86. The van der Waals surface area contributed by atoms with Crippen LogP contribution in [-0.4, -0.2) is 18.5 Å². The minimum atomic E-state index is -0.775. The van der Waals surface area contributed by atoms with Crippen LogP contribution in [0.15, 0.2) is 53.6 Å². The lowest BCUT2D eigenvalue weighted by Crippen LogP contribution is -2.34. The van der Waals surface area contributed by atoms with Crippen molar-refractivity contribution in [1.29, 1.82) is 0 Å². The number of hydrogen-bond acceptors (Lipinski definition) is 3. The van der Waals surface area contributed by atoms with Gasteiger partial charge in [-0.1, -0.05) is 48.5 Å². The van der Waals surface area contributed by atoms with Crippen LogP contribution in [0.5, 0.6) is 0 Å². The molecule has 28 heavy (non-hydrogen) atoms. The van der Waals surface area contributed by atoms with Crippen molar-refractivity contribution >= 4 is 11.9 Å². The first-order chi connectivity index (χ1) is 13.6. The molecule has 2 aromatic rings. The van der Waals surface area contributed by atoms with Crippen LogP contribution < -0.4 is 0 Å². The fraction of sp³-hybridized carbons (Fsp3) is 0.364. The van der Waals surface area contributed by atoms with Gasteiger partial charge >= 0.3 is 5.97 Å². The summed E-state index contributed by atoms with van der Waals surface area (Å²) in [7, 11) is 0. The van der Waals surface area contributed by atoms with Crippen molar-refractivity contribution in [3.8, 4) is 0 Å². The maximum Gasteiger partial charge on any atom is 0.310 e. The zero-order valence-electron chi connectivity index (χ0n) is 15.9. The van der Waals surface area contributed by atoms with Gasteiger partial charge in [0, 0.05) is 10.8 Å². The molecule has 0 heterocycles. The van der Waals surface area contributed by atoms with Crippen molar-refractivity contribution in [2.24, 2.45) is 17.0 Å². The van der Waals surface area contributed by atoms with Gasteiger partial charge in [0.2, 0.25) is 5.91 Å². The molecule has 0 aromatic heterocycles. The quantitative estimate of drug-likeness (QED) is 0.347. The highest BCUT2D eigenvalue weighted by Gasteiger charge is 2.34. The molecular weight excluding hydrogens is 354 g/mol. The molecule has 2 atom stereocenters. The Balaban J connectivity index is 2.06. The third-order valence-electron chi connectivity index (χ3n) is 5.20. The summed E-state index contributed by atoms with van der Waals surface area (Å²) in [6.07, 6.45) is 2.55. The average molecular weight is 377 g/mol. The topological polar surface area (TPSA) is 92.1 Å². The molecule has 0 spiro atoms. The van der Waals surface area contributed by atoms with Gasteiger partial charge in [0.15, 0.2) is 0 Å². The van der Waals surface area contributed by atoms with E-state index in [2.05, 4.69) is 22.2 Å². The summed E-state index contributed by atoms with van der Waals surface area (Å²) in [6.45, 7) is 1.96. The van der Waals surface area contributed by atoms with Crippen molar-refractivity contribution < 1.29 is 14.3 Å². The lowest BCUT2D eigenvalue weighted by molar-refractivity contribution is -0.152. The second-order valence-electron chi connectivity index (χ2n) is 7.03. The predicted octanol–water partition coefficient (Wildman–Crippen LogP) is 4.20. The Morgan fingerprint density at radius 2 is 1.39 bits per heavy atom. The highest BCUT2D eigenvalue weighted by Crippen LogP contribution is 2.26. The van der Waals surface area contributed by atoms with E-state index in [-0.39, 0.29) is 6.61 Å². The van der Waals surface area contributed by atoms with Gasteiger partial charge in [-0.2, -0.15) is 0 Å². The minimum absolute atomic E-state index is 0.228. The Kier molecular flexibility index (Phi) is 6.45. The Bertz CT molecular complexity index is 884. The van der Waals surface area contributed by atoms with E-state index < -0.39 is 23.7 Å². The summed E-state index contributed by atoms with van der Waals surface area (Å²) in [6, 6.07) is 16.1. The van der Waals surface area contributed by atoms with E-state index in [4.69, 9.17) is 10.3 Å². The van der Waals surface area contributed by atoms with Crippen LogP contribution in [-0.2, 0) is 40.0 Å². The maximum absolute atomic E-state index is 12.7. The SMILES string of the molecule is CCOC(=O)[C@H]1Cc2ccc(cc2)CCc2ccc(cc2)C[C@H]1C(=O)N=[N+]=[N-]. The van der Waals surface area contributed by atoms with E-state index in [1.807, 2.05) is 36.4 Å². The molecular formula is C22H23N3O3. The van der Waals surface area contributed by atoms with Gasteiger partial charge in [-0.15, -0.1) is 0 Å². The first kappa shape index (κ1) is 19.6. The fourth-order valence-electron chi connectivity index (χ4n) is 3.64. The zero-order valence-corrected chi connectivity index (χ0v) is 15.9. The molecule has 4 bridgehead atoms. The molecule has 6 heteroatoms. The molecule has 0 radical (unpaired) electrons. The molecule has 6 rings (SSSR count). The van der Waals surface area contributed by atoms with Crippen LogP contribution >= 0.6 is 0 Å². The van der Waals surface area contributed by atoms with Gasteiger partial charge in [0.05, 0.1) is 12.5 Å².